The molecule has 0 amide bonds. The van der Waals surface area contributed by atoms with Gasteiger partial charge in [-0.1, -0.05) is 24.6 Å². The van der Waals surface area contributed by atoms with E-state index in [1.165, 1.54) is 0 Å². The van der Waals surface area contributed by atoms with Crippen molar-refractivity contribution in [3.8, 4) is 0 Å². The van der Waals surface area contributed by atoms with Gasteiger partial charge < -0.3 is 10.1 Å². The molecule has 0 spiro atoms. The van der Waals surface area contributed by atoms with Gasteiger partial charge in [-0.05, 0) is 41.9 Å². The molecule has 0 aliphatic carbocycles. The Kier molecular flexibility index (Phi) is 6.57. The van der Waals surface area contributed by atoms with Crippen molar-refractivity contribution in [3.63, 3.8) is 0 Å². The van der Waals surface area contributed by atoms with Crippen LogP contribution in [0.4, 0.5) is 4.39 Å². The predicted octanol–water partition coefficient (Wildman–Crippen LogP) is 4.32. The van der Waals surface area contributed by atoms with Gasteiger partial charge in [-0.2, -0.15) is 0 Å². The van der Waals surface area contributed by atoms with Crippen LogP contribution in [0.5, 0.6) is 0 Å². The zero-order valence-corrected chi connectivity index (χ0v) is 13.1. The summed E-state index contributed by atoms with van der Waals surface area (Å²) in [5, 5.41) is 3.40. The maximum Gasteiger partial charge on any atom is 0.147 e. The molecule has 1 rings (SSSR count). The fourth-order valence-corrected chi connectivity index (χ4v) is 2.22. The lowest BCUT2D eigenvalue weighted by atomic mass is 10.0. The van der Waals surface area contributed by atoms with Gasteiger partial charge in [0.2, 0.25) is 0 Å². The van der Waals surface area contributed by atoms with Crippen molar-refractivity contribution in [2.45, 2.75) is 32.4 Å². The second kappa shape index (κ2) is 7.43. The van der Waals surface area contributed by atoms with Gasteiger partial charge >= 0.3 is 0 Å². The second-order valence-electron chi connectivity index (χ2n) is 4.14. The molecule has 0 aliphatic rings. The first-order valence-corrected chi connectivity index (χ1v) is 7.09. The zero-order valence-electron chi connectivity index (χ0n) is 10.8. The number of hydrogen-bond donors (Lipinski definition) is 1. The van der Waals surface area contributed by atoms with Crippen molar-refractivity contribution in [1.29, 1.82) is 0 Å². The first kappa shape index (κ1) is 15.9. The third kappa shape index (κ3) is 3.67. The van der Waals surface area contributed by atoms with Gasteiger partial charge in [0, 0.05) is 17.1 Å². The number of benzene rings is 1. The van der Waals surface area contributed by atoms with E-state index < -0.39 is 5.82 Å². The predicted molar refractivity (Wildman–Crippen MR) is 76.6 cm³/mol. The molecule has 0 fully saturated rings. The summed E-state index contributed by atoms with van der Waals surface area (Å²) in [5.41, 5.74) is 0.533. The first-order valence-electron chi connectivity index (χ1n) is 5.92. The van der Waals surface area contributed by atoms with Crippen LogP contribution in [0.15, 0.2) is 16.6 Å². The summed E-state index contributed by atoms with van der Waals surface area (Å²) in [4.78, 5) is 0. The Morgan fingerprint density at radius 2 is 2.17 bits per heavy atom. The standard InChI is InChI=1S/C13H18BrClFNO/c1-4-7-17-13(8(2)18-3)9-5-6-10(14)11(15)12(9)16/h5-6,8,13,17H,4,7H2,1-3H3. The van der Waals surface area contributed by atoms with Crippen molar-refractivity contribution < 1.29 is 9.13 Å². The van der Waals surface area contributed by atoms with Crippen LogP contribution in [0.25, 0.3) is 0 Å². The minimum absolute atomic E-state index is 0.110. The molecule has 18 heavy (non-hydrogen) atoms. The van der Waals surface area contributed by atoms with Crippen LogP contribution in [0.2, 0.25) is 5.02 Å². The molecular formula is C13H18BrClFNO. The van der Waals surface area contributed by atoms with Crippen molar-refractivity contribution in [2.24, 2.45) is 0 Å². The Morgan fingerprint density at radius 1 is 1.50 bits per heavy atom. The largest absolute Gasteiger partial charge is 0.380 e. The van der Waals surface area contributed by atoms with Gasteiger partial charge in [0.15, 0.2) is 0 Å². The quantitative estimate of drug-likeness (QED) is 0.780. The van der Waals surface area contributed by atoms with Gasteiger partial charge in [-0.25, -0.2) is 4.39 Å². The molecule has 1 aromatic rings. The van der Waals surface area contributed by atoms with Crippen molar-refractivity contribution in [3.05, 3.63) is 33.0 Å². The monoisotopic (exact) mass is 337 g/mol. The Balaban J connectivity index is 3.08. The molecule has 0 aliphatic heterocycles. The van der Waals surface area contributed by atoms with Gasteiger partial charge in [-0.3, -0.25) is 0 Å². The van der Waals surface area contributed by atoms with Gasteiger partial charge in [0.05, 0.1) is 17.2 Å². The fourth-order valence-electron chi connectivity index (χ4n) is 1.75. The van der Waals surface area contributed by atoms with Crippen LogP contribution in [-0.4, -0.2) is 19.8 Å². The van der Waals surface area contributed by atoms with E-state index in [-0.39, 0.29) is 17.2 Å². The molecule has 0 bridgehead atoms. The Hall–Kier alpha value is -0.160. The number of hydrogen-bond acceptors (Lipinski definition) is 2. The third-order valence-corrected chi connectivity index (χ3v) is 4.11. The smallest absolute Gasteiger partial charge is 0.147 e. The van der Waals surface area contributed by atoms with Gasteiger partial charge in [0.25, 0.3) is 0 Å². The molecule has 0 heterocycles. The lowest BCUT2D eigenvalue weighted by Crippen LogP contribution is -2.32. The lowest BCUT2D eigenvalue weighted by molar-refractivity contribution is 0.0818. The van der Waals surface area contributed by atoms with Crippen molar-refractivity contribution in [2.75, 3.05) is 13.7 Å². The Labute approximate surface area is 121 Å². The normalized spacial score (nSPS) is 14.6. The van der Waals surface area contributed by atoms with Crippen LogP contribution < -0.4 is 5.32 Å². The van der Waals surface area contributed by atoms with Crippen LogP contribution >= 0.6 is 27.5 Å². The molecule has 102 valence electrons. The van der Waals surface area contributed by atoms with E-state index in [1.807, 2.05) is 6.92 Å². The number of nitrogens with one attached hydrogen (secondary N) is 1. The number of ether oxygens (including phenoxy) is 1. The maximum absolute atomic E-state index is 14.2. The van der Waals surface area contributed by atoms with Crippen molar-refractivity contribution >= 4 is 27.5 Å². The molecule has 1 aromatic carbocycles. The highest BCUT2D eigenvalue weighted by Gasteiger charge is 2.23. The fraction of sp³-hybridized carbons (Fsp3) is 0.538. The van der Waals surface area contributed by atoms with Crippen LogP contribution in [0.1, 0.15) is 31.9 Å². The third-order valence-electron chi connectivity index (χ3n) is 2.86. The van der Waals surface area contributed by atoms with E-state index in [0.717, 1.165) is 13.0 Å². The summed E-state index contributed by atoms with van der Waals surface area (Å²) in [6.07, 6.45) is 0.835. The summed E-state index contributed by atoms with van der Waals surface area (Å²) in [5.74, 6) is -0.399. The highest BCUT2D eigenvalue weighted by Crippen LogP contribution is 2.32. The number of methoxy groups -OCH3 is 1. The molecule has 5 heteroatoms. The molecule has 0 saturated carbocycles. The molecule has 0 radical (unpaired) electrons. The minimum atomic E-state index is -0.399. The zero-order chi connectivity index (χ0) is 13.7. The number of halogens is 3. The molecule has 0 aromatic heterocycles. The average Bonchev–Trinajstić information content (AvgIpc) is 2.38. The van der Waals surface area contributed by atoms with Crippen molar-refractivity contribution in [1.82, 2.24) is 5.32 Å². The molecule has 2 atom stereocenters. The Morgan fingerprint density at radius 3 is 2.72 bits per heavy atom. The molecular weight excluding hydrogens is 321 g/mol. The molecule has 0 saturated heterocycles. The number of rotatable bonds is 6. The molecule has 1 N–H and O–H groups in total. The summed E-state index contributed by atoms with van der Waals surface area (Å²) in [7, 11) is 1.61. The van der Waals surface area contributed by atoms with Gasteiger partial charge in [-0.15, -0.1) is 0 Å². The van der Waals surface area contributed by atoms with Crippen LogP contribution in [0, 0.1) is 5.82 Å². The SMILES string of the molecule is CCCNC(c1ccc(Br)c(Cl)c1F)C(C)OC. The van der Waals surface area contributed by atoms with E-state index in [2.05, 4.69) is 28.2 Å². The summed E-state index contributed by atoms with van der Waals surface area (Å²) >= 11 is 9.13. The Bertz CT molecular complexity index is 403. The van der Waals surface area contributed by atoms with E-state index in [4.69, 9.17) is 16.3 Å². The average molecular weight is 339 g/mol. The van der Waals surface area contributed by atoms with E-state index in [1.54, 1.807) is 19.2 Å². The van der Waals surface area contributed by atoms with Crippen LogP contribution in [0.3, 0.4) is 0 Å². The highest BCUT2D eigenvalue weighted by atomic mass is 79.9. The van der Waals surface area contributed by atoms with Gasteiger partial charge in [0.1, 0.15) is 5.82 Å². The van der Waals surface area contributed by atoms with E-state index in [0.29, 0.717) is 10.0 Å². The molecule has 2 unspecified atom stereocenters. The molecule has 2 nitrogen and oxygen atoms in total. The summed E-state index contributed by atoms with van der Waals surface area (Å²) in [6, 6.07) is 3.28. The van der Waals surface area contributed by atoms with E-state index in [9.17, 15) is 4.39 Å². The summed E-state index contributed by atoms with van der Waals surface area (Å²) in [6.45, 7) is 4.76. The summed E-state index contributed by atoms with van der Waals surface area (Å²) < 4.78 is 20.0. The topological polar surface area (TPSA) is 21.3 Å². The second-order valence-corrected chi connectivity index (χ2v) is 5.37. The first-order chi connectivity index (χ1) is 8.52. The minimum Gasteiger partial charge on any atom is -0.380 e. The maximum atomic E-state index is 14.2. The van der Waals surface area contributed by atoms with Crippen LogP contribution in [-0.2, 0) is 4.74 Å². The highest BCUT2D eigenvalue weighted by molar-refractivity contribution is 9.10. The van der Waals surface area contributed by atoms with E-state index >= 15 is 0 Å². The lowest BCUT2D eigenvalue weighted by Gasteiger charge is -2.25.